The van der Waals surface area contributed by atoms with E-state index in [1.54, 1.807) is 0 Å². The van der Waals surface area contributed by atoms with Gasteiger partial charge in [0.15, 0.2) is 0 Å². The van der Waals surface area contributed by atoms with Crippen LogP contribution in [0.3, 0.4) is 0 Å². The van der Waals surface area contributed by atoms with E-state index in [9.17, 15) is 9.59 Å². The Bertz CT molecular complexity index is 1160. The number of benzene rings is 2. The van der Waals surface area contributed by atoms with Crippen LogP contribution in [0.1, 0.15) is 30.4 Å². The molecule has 0 radical (unpaired) electrons. The molecule has 2 aliphatic heterocycles. The molecule has 5 rings (SSSR count). The highest BCUT2D eigenvalue weighted by molar-refractivity contribution is 5.89. The molecule has 1 spiro atoms. The number of carbonyl (C=O) groups is 2. The largest absolute Gasteiger partial charge is 0.469 e. The highest BCUT2D eigenvalue weighted by atomic mass is 16.5. The predicted octanol–water partition coefficient (Wildman–Crippen LogP) is 3.79. The number of methoxy groups -OCH3 is 1. The number of likely N-dealkylation sites (tertiary alicyclic amines) is 2. The van der Waals surface area contributed by atoms with Gasteiger partial charge in [-0.2, -0.15) is 0 Å². The summed E-state index contributed by atoms with van der Waals surface area (Å²) in [6.45, 7) is 3.02. The number of aromatic nitrogens is 1. The molecule has 3 aromatic rings. The van der Waals surface area contributed by atoms with E-state index in [-0.39, 0.29) is 18.3 Å². The lowest BCUT2D eigenvalue weighted by atomic mass is 9.76. The summed E-state index contributed by atoms with van der Waals surface area (Å²) in [5.74, 6) is -0.647. The fourth-order valence-electron chi connectivity index (χ4n) is 5.58. The summed E-state index contributed by atoms with van der Waals surface area (Å²) in [6.07, 6.45) is 5.38. The van der Waals surface area contributed by atoms with E-state index in [0.717, 1.165) is 43.4 Å². The first-order valence-electron chi connectivity index (χ1n) is 11.6. The van der Waals surface area contributed by atoms with Gasteiger partial charge in [-0.3, -0.25) is 19.5 Å². The molecule has 6 nitrogen and oxygen atoms in total. The van der Waals surface area contributed by atoms with Crippen molar-refractivity contribution in [3.05, 3.63) is 78.1 Å². The van der Waals surface area contributed by atoms with Crippen LogP contribution in [0.15, 0.2) is 67.0 Å². The molecule has 0 bridgehead atoms. The third kappa shape index (κ3) is 4.11. The van der Waals surface area contributed by atoms with E-state index in [1.165, 1.54) is 18.1 Å². The number of amides is 1. The first-order chi connectivity index (χ1) is 16.1. The van der Waals surface area contributed by atoms with Crippen molar-refractivity contribution in [3.63, 3.8) is 0 Å². The van der Waals surface area contributed by atoms with E-state index in [4.69, 9.17) is 4.74 Å². The molecule has 33 heavy (non-hydrogen) atoms. The highest BCUT2D eigenvalue weighted by Gasteiger charge is 2.56. The summed E-state index contributed by atoms with van der Waals surface area (Å²) >= 11 is 0. The zero-order valence-electron chi connectivity index (χ0n) is 18.9. The van der Waals surface area contributed by atoms with Crippen LogP contribution in [-0.4, -0.2) is 52.4 Å². The topological polar surface area (TPSA) is 62.7 Å². The zero-order valence-corrected chi connectivity index (χ0v) is 18.9. The smallest absolute Gasteiger partial charge is 0.311 e. The molecule has 0 saturated carbocycles. The average Bonchev–Trinajstić information content (AvgIpc) is 3.11. The van der Waals surface area contributed by atoms with Gasteiger partial charge in [0.1, 0.15) is 0 Å². The monoisotopic (exact) mass is 443 g/mol. The zero-order chi connectivity index (χ0) is 22.8. The molecule has 1 atom stereocenters. The number of carbonyl (C=O) groups excluding carboxylic acids is 2. The summed E-state index contributed by atoms with van der Waals surface area (Å²) in [6, 6.07) is 18.7. The second-order valence-electron chi connectivity index (χ2n) is 9.18. The van der Waals surface area contributed by atoms with Gasteiger partial charge in [-0.05, 0) is 52.9 Å². The van der Waals surface area contributed by atoms with E-state index < -0.39 is 11.5 Å². The van der Waals surface area contributed by atoms with Gasteiger partial charge < -0.3 is 9.64 Å². The van der Waals surface area contributed by atoms with Crippen LogP contribution in [0, 0.1) is 5.92 Å². The second kappa shape index (κ2) is 8.94. The second-order valence-corrected chi connectivity index (χ2v) is 9.18. The number of fused-ring (bicyclic) bond motifs is 1. The molecule has 2 fully saturated rings. The van der Waals surface area contributed by atoms with Crippen molar-refractivity contribution in [2.24, 2.45) is 5.92 Å². The van der Waals surface area contributed by atoms with Gasteiger partial charge in [-0.25, -0.2) is 0 Å². The predicted molar refractivity (Wildman–Crippen MR) is 126 cm³/mol. The minimum atomic E-state index is -0.495. The number of piperidine rings is 1. The van der Waals surface area contributed by atoms with Crippen LogP contribution in [-0.2, 0) is 27.4 Å². The number of nitrogens with zero attached hydrogens (tertiary/aromatic N) is 3. The molecule has 3 heterocycles. The third-order valence-electron chi connectivity index (χ3n) is 7.38. The molecule has 2 aromatic carbocycles. The number of hydrogen-bond acceptors (Lipinski definition) is 5. The van der Waals surface area contributed by atoms with Crippen LogP contribution in [0.25, 0.3) is 10.8 Å². The molecule has 1 unspecified atom stereocenters. The fourth-order valence-corrected chi connectivity index (χ4v) is 5.58. The fraction of sp³-hybridized carbons (Fsp3) is 0.370. The van der Waals surface area contributed by atoms with Crippen LogP contribution in [0.4, 0.5) is 0 Å². The van der Waals surface area contributed by atoms with E-state index >= 15 is 0 Å². The maximum atomic E-state index is 13.2. The van der Waals surface area contributed by atoms with Crippen LogP contribution in [0.2, 0.25) is 0 Å². The Balaban J connectivity index is 1.40. The maximum absolute atomic E-state index is 13.2. The normalized spacial score (nSPS) is 20.5. The van der Waals surface area contributed by atoms with Gasteiger partial charge >= 0.3 is 5.97 Å². The van der Waals surface area contributed by atoms with Gasteiger partial charge in [0.05, 0.1) is 18.6 Å². The number of rotatable bonds is 5. The van der Waals surface area contributed by atoms with Gasteiger partial charge in [-0.15, -0.1) is 0 Å². The molecular weight excluding hydrogens is 414 g/mol. The first-order valence-corrected chi connectivity index (χ1v) is 11.6. The Hall–Kier alpha value is -3.25. The Morgan fingerprint density at radius 2 is 1.73 bits per heavy atom. The summed E-state index contributed by atoms with van der Waals surface area (Å²) in [5.41, 5.74) is 1.82. The van der Waals surface area contributed by atoms with E-state index in [1.807, 2.05) is 41.6 Å². The maximum Gasteiger partial charge on any atom is 0.311 e. The Morgan fingerprint density at radius 3 is 2.45 bits per heavy atom. The molecule has 2 saturated heterocycles. The van der Waals surface area contributed by atoms with Gasteiger partial charge in [0.25, 0.3) is 0 Å². The Labute approximate surface area is 194 Å². The molecular formula is C27H29N3O3. The van der Waals surface area contributed by atoms with Crippen molar-refractivity contribution in [1.82, 2.24) is 14.8 Å². The number of hydrogen-bond donors (Lipinski definition) is 0. The van der Waals surface area contributed by atoms with E-state index in [0.29, 0.717) is 6.54 Å². The van der Waals surface area contributed by atoms with Gasteiger partial charge in [0, 0.05) is 45.0 Å². The average molecular weight is 444 g/mol. The number of ether oxygens (including phenoxy) is 1. The lowest BCUT2D eigenvalue weighted by Gasteiger charge is -2.47. The van der Waals surface area contributed by atoms with Crippen LogP contribution >= 0.6 is 0 Å². The number of pyridine rings is 1. The van der Waals surface area contributed by atoms with Crippen molar-refractivity contribution in [2.45, 2.75) is 37.9 Å². The molecule has 0 N–H and O–H groups in total. The van der Waals surface area contributed by atoms with Crippen molar-refractivity contribution in [3.8, 4) is 0 Å². The lowest BCUT2D eigenvalue weighted by molar-refractivity contribution is -0.150. The van der Waals surface area contributed by atoms with Gasteiger partial charge in [-0.1, -0.05) is 36.4 Å². The quantitative estimate of drug-likeness (QED) is 0.562. The van der Waals surface area contributed by atoms with Crippen molar-refractivity contribution < 1.29 is 14.3 Å². The third-order valence-corrected chi connectivity index (χ3v) is 7.38. The van der Waals surface area contributed by atoms with Crippen molar-refractivity contribution in [1.29, 1.82) is 0 Å². The van der Waals surface area contributed by atoms with Crippen LogP contribution < -0.4 is 0 Å². The van der Waals surface area contributed by atoms with Gasteiger partial charge in [0.2, 0.25) is 5.91 Å². The highest BCUT2D eigenvalue weighted by Crippen LogP contribution is 2.45. The summed E-state index contributed by atoms with van der Waals surface area (Å²) in [5, 5.41) is 2.34. The molecule has 170 valence electrons. The van der Waals surface area contributed by atoms with E-state index in [2.05, 4.69) is 40.2 Å². The molecule has 1 amide bonds. The molecule has 1 aromatic heterocycles. The van der Waals surface area contributed by atoms with Crippen LogP contribution in [0.5, 0.6) is 0 Å². The summed E-state index contributed by atoms with van der Waals surface area (Å²) in [4.78, 5) is 34.4. The minimum Gasteiger partial charge on any atom is -0.469 e. The Morgan fingerprint density at radius 1 is 1.00 bits per heavy atom. The first kappa shape index (κ1) is 21.6. The standard InChI is InChI=1S/C27H29N3O3/c1-33-26(32)24-17-25(31)30(19-21-6-7-22-4-2-3-5-23(22)16-21)27(24)10-14-29(15-11-27)18-20-8-12-28-13-9-20/h2-9,12-13,16,24H,10-11,14-15,17-19H2,1H3. The lowest BCUT2D eigenvalue weighted by Crippen LogP contribution is -2.57. The van der Waals surface area contributed by atoms with Crippen molar-refractivity contribution in [2.75, 3.05) is 20.2 Å². The minimum absolute atomic E-state index is 0.0427. The SMILES string of the molecule is COC(=O)C1CC(=O)N(Cc2ccc3ccccc3c2)C12CCN(Cc1ccncc1)CC2. The Kier molecular flexibility index (Phi) is 5.85. The molecule has 6 heteroatoms. The molecule has 2 aliphatic rings. The number of esters is 1. The van der Waals surface area contributed by atoms with Crippen molar-refractivity contribution >= 4 is 22.6 Å². The summed E-state index contributed by atoms with van der Waals surface area (Å²) in [7, 11) is 1.42. The summed E-state index contributed by atoms with van der Waals surface area (Å²) < 4.78 is 5.15. The molecule has 0 aliphatic carbocycles.